The fourth-order valence-electron chi connectivity index (χ4n) is 1.91. The summed E-state index contributed by atoms with van der Waals surface area (Å²) in [6.45, 7) is 1.97. The van der Waals surface area contributed by atoms with E-state index in [-0.39, 0.29) is 0 Å². The van der Waals surface area contributed by atoms with E-state index in [1.165, 1.54) is 0 Å². The number of hydrogen-bond acceptors (Lipinski definition) is 4. The number of hydrogen-bond donors (Lipinski definition) is 1. The van der Waals surface area contributed by atoms with Crippen molar-refractivity contribution in [3.63, 3.8) is 0 Å². The smallest absolute Gasteiger partial charge is 0.151 e. The van der Waals surface area contributed by atoms with E-state index in [0.29, 0.717) is 0 Å². The molecule has 0 atom stereocenters. The van der Waals surface area contributed by atoms with E-state index >= 15 is 0 Å². The molecule has 1 aromatic carbocycles. The van der Waals surface area contributed by atoms with Gasteiger partial charge in [0.05, 0.1) is 5.69 Å². The molecular formula is C15H19BrN4. The van der Waals surface area contributed by atoms with E-state index in [4.69, 9.17) is 0 Å². The molecule has 0 bridgehead atoms. The zero-order valence-corrected chi connectivity index (χ0v) is 13.4. The van der Waals surface area contributed by atoms with Crippen LogP contribution in [0.25, 0.3) is 11.3 Å². The molecule has 1 N–H and O–H groups in total. The molecule has 0 aliphatic heterocycles. The molecule has 0 spiro atoms. The molecule has 5 heteroatoms. The molecular weight excluding hydrogens is 316 g/mol. The third-order valence-corrected chi connectivity index (χ3v) is 3.63. The lowest BCUT2D eigenvalue weighted by Crippen LogP contribution is -2.23. The number of aromatic nitrogens is 2. The van der Waals surface area contributed by atoms with Crippen molar-refractivity contribution in [3.8, 4) is 11.3 Å². The van der Waals surface area contributed by atoms with Gasteiger partial charge in [0.15, 0.2) is 5.82 Å². The Kier molecular flexibility index (Phi) is 5.49. The van der Waals surface area contributed by atoms with Crippen molar-refractivity contribution >= 4 is 21.7 Å². The molecule has 0 saturated heterocycles. The number of nitrogens with one attached hydrogen (secondary N) is 1. The summed E-state index contributed by atoms with van der Waals surface area (Å²) >= 11 is 3.43. The molecule has 1 heterocycles. The van der Waals surface area contributed by atoms with Crippen molar-refractivity contribution in [3.05, 3.63) is 40.9 Å². The van der Waals surface area contributed by atoms with E-state index < -0.39 is 0 Å². The van der Waals surface area contributed by atoms with Gasteiger partial charge in [0.25, 0.3) is 0 Å². The molecule has 1 aromatic heterocycles. The van der Waals surface area contributed by atoms with E-state index in [2.05, 4.69) is 36.3 Å². The van der Waals surface area contributed by atoms with E-state index in [0.717, 1.165) is 41.1 Å². The zero-order chi connectivity index (χ0) is 14.4. The summed E-state index contributed by atoms with van der Waals surface area (Å²) in [5.41, 5.74) is 1.97. The van der Waals surface area contributed by atoms with Gasteiger partial charge in [0.1, 0.15) is 0 Å². The van der Waals surface area contributed by atoms with Gasteiger partial charge < -0.3 is 10.2 Å². The monoisotopic (exact) mass is 334 g/mol. The summed E-state index contributed by atoms with van der Waals surface area (Å²) in [5, 5.41) is 11.7. The Morgan fingerprint density at radius 1 is 1.10 bits per heavy atom. The number of benzene rings is 1. The highest BCUT2D eigenvalue weighted by Gasteiger charge is 2.04. The van der Waals surface area contributed by atoms with Crippen LogP contribution in [0.4, 0.5) is 5.82 Å². The van der Waals surface area contributed by atoms with Gasteiger partial charge in [0.2, 0.25) is 0 Å². The van der Waals surface area contributed by atoms with Crippen LogP contribution in [0.2, 0.25) is 0 Å². The summed E-state index contributed by atoms with van der Waals surface area (Å²) in [6.07, 6.45) is 1.09. The van der Waals surface area contributed by atoms with Crippen LogP contribution in [0.1, 0.15) is 6.42 Å². The summed E-state index contributed by atoms with van der Waals surface area (Å²) in [5.74, 6) is 0.905. The summed E-state index contributed by atoms with van der Waals surface area (Å²) < 4.78 is 1.06. The minimum absolute atomic E-state index is 0.893. The predicted octanol–water partition coefficient (Wildman–Crippen LogP) is 2.95. The highest BCUT2D eigenvalue weighted by atomic mass is 79.9. The first-order valence-electron chi connectivity index (χ1n) is 6.66. The molecule has 106 valence electrons. The Labute approximate surface area is 128 Å². The highest BCUT2D eigenvalue weighted by Crippen LogP contribution is 2.20. The van der Waals surface area contributed by atoms with Crippen LogP contribution in [0, 0.1) is 0 Å². The topological polar surface area (TPSA) is 41.0 Å². The standard InChI is InChI=1S/C15H19BrN4/c1-17-10-3-11-20(2)15-9-8-14(18-19-15)12-4-6-13(16)7-5-12/h4-9,17H,3,10-11H2,1-2H3. The van der Waals surface area contributed by atoms with Crippen molar-refractivity contribution in [2.75, 3.05) is 32.1 Å². The maximum Gasteiger partial charge on any atom is 0.151 e. The SMILES string of the molecule is CNCCCN(C)c1ccc(-c2ccc(Br)cc2)nn1. The fourth-order valence-corrected chi connectivity index (χ4v) is 2.18. The molecule has 0 aliphatic carbocycles. The second-order valence-corrected chi connectivity index (χ2v) is 5.58. The van der Waals surface area contributed by atoms with Crippen molar-refractivity contribution in [1.82, 2.24) is 15.5 Å². The molecule has 0 amide bonds. The number of halogens is 1. The van der Waals surface area contributed by atoms with Gasteiger partial charge in [0, 0.05) is 23.6 Å². The van der Waals surface area contributed by atoms with E-state index in [1.807, 2.05) is 50.5 Å². The maximum atomic E-state index is 4.31. The quantitative estimate of drug-likeness (QED) is 0.824. The number of nitrogens with zero attached hydrogens (tertiary/aromatic N) is 3. The van der Waals surface area contributed by atoms with Gasteiger partial charge in [-0.05, 0) is 44.3 Å². The fraction of sp³-hybridized carbons (Fsp3) is 0.333. The first-order valence-corrected chi connectivity index (χ1v) is 7.45. The Balaban J connectivity index is 2.04. The zero-order valence-electron chi connectivity index (χ0n) is 11.8. The lowest BCUT2D eigenvalue weighted by Gasteiger charge is -2.17. The predicted molar refractivity (Wildman–Crippen MR) is 87.0 cm³/mol. The minimum Gasteiger partial charge on any atom is -0.358 e. The van der Waals surface area contributed by atoms with Crippen LogP contribution >= 0.6 is 15.9 Å². The van der Waals surface area contributed by atoms with Gasteiger partial charge in [-0.15, -0.1) is 10.2 Å². The normalized spacial score (nSPS) is 10.6. The van der Waals surface area contributed by atoms with Gasteiger partial charge in [-0.25, -0.2) is 0 Å². The van der Waals surface area contributed by atoms with E-state index in [1.54, 1.807) is 0 Å². The van der Waals surface area contributed by atoms with Crippen LogP contribution in [0.3, 0.4) is 0 Å². The first-order chi connectivity index (χ1) is 9.70. The minimum atomic E-state index is 0.893. The lowest BCUT2D eigenvalue weighted by atomic mass is 10.1. The Bertz CT molecular complexity index is 525. The molecule has 0 unspecified atom stereocenters. The molecule has 0 radical (unpaired) electrons. The lowest BCUT2D eigenvalue weighted by molar-refractivity contribution is 0.706. The third-order valence-electron chi connectivity index (χ3n) is 3.10. The average Bonchev–Trinajstić information content (AvgIpc) is 2.48. The molecule has 0 aliphatic rings. The van der Waals surface area contributed by atoms with Gasteiger partial charge >= 0.3 is 0 Å². The number of anilines is 1. The molecule has 0 fully saturated rings. The third kappa shape index (κ3) is 4.02. The largest absolute Gasteiger partial charge is 0.358 e. The average molecular weight is 335 g/mol. The number of rotatable bonds is 6. The van der Waals surface area contributed by atoms with Crippen molar-refractivity contribution in [1.29, 1.82) is 0 Å². The summed E-state index contributed by atoms with van der Waals surface area (Å²) in [4.78, 5) is 2.12. The molecule has 0 saturated carbocycles. The van der Waals surface area contributed by atoms with Crippen LogP contribution in [0.15, 0.2) is 40.9 Å². The Morgan fingerprint density at radius 3 is 2.45 bits per heavy atom. The van der Waals surface area contributed by atoms with E-state index in [9.17, 15) is 0 Å². The van der Waals surface area contributed by atoms with Gasteiger partial charge in [-0.2, -0.15) is 0 Å². The molecule has 4 nitrogen and oxygen atoms in total. The van der Waals surface area contributed by atoms with Gasteiger partial charge in [-0.1, -0.05) is 28.1 Å². The molecule has 20 heavy (non-hydrogen) atoms. The first kappa shape index (κ1) is 14.9. The van der Waals surface area contributed by atoms with Crippen LogP contribution in [-0.2, 0) is 0 Å². The van der Waals surface area contributed by atoms with Crippen molar-refractivity contribution in [2.24, 2.45) is 0 Å². The molecule has 2 aromatic rings. The molecule has 2 rings (SSSR count). The Morgan fingerprint density at radius 2 is 1.85 bits per heavy atom. The highest BCUT2D eigenvalue weighted by molar-refractivity contribution is 9.10. The van der Waals surface area contributed by atoms with Crippen molar-refractivity contribution < 1.29 is 0 Å². The van der Waals surface area contributed by atoms with Crippen LogP contribution < -0.4 is 10.2 Å². The Hall–Kier alpha value is -1.46. The second-order valence-electron chi connectivity index (χ2n) is 4.66. The van der Waals surface area contributed by atoms with Crippen LogP contribution in [0.5, 0.6) is 0 Å². The maximum absolute atomic E-state index is 4.31. The second kappa shape index (κ2) is 7.36. The van der Waals surface area contributed by atoms with Gasteiger partial charge in [-0.3, -0.25) is 0 Å². The summed E-state index contributed by atoms with van der Waals surface area (Å²) in [6, 6.07) is 12.1. The summed E-state index contributed by atoms with van der Waals surface area (Å²) in [7, 11) is 4.01. The van der Waals surface area contributed by atoms with Crippen LogP contribution in [-0.4, -0.2) is 37.4 Å². The van der Waals surface area contributed by atoms with Crippen molar-refractivity contribution in [2.45, 2.75) is 6.42 Å².